The fourth-order valence-electron chi connectivity index (χ4n) is 2.27. The molecule has 20 heavy (non-hydrogen) atoms. The number of ether oxygens (including phenoxy) is 1. The van der Waals surface area contributed by atoms with E-state index in [1.165, 1.54) is 11.1 Å². The molecule has 1 N–H and O–H groups in total. The van der Waals surface area contributed by atoms with E-state index < -0.39 is 0 Å². The average Bonchev–Trinajstić information content (AvgIpc) is 2.45. The van der Waals surface area contributed by atoms with Gasteiger partial charge < -0.3 is 10.1 Å². The Morgan fingerprint density at radius 3 is 2.75 bits per heavy atom. The zero-order chi connectivity index (χ0) is 14.4. The SMILES string of the molecule is CCNC(c1cccc(OCC)c1)c1cc(C)ccn1. The average molecular weight is 270 g/mol. The van der Waals surface area contributed by atoms with E-state index in [1.807, 2.05) is 31.3 Å². The molecule has 1 aromatic heterocycles. The molecule has 1 aromatic carbocycles. The number of nitrogens with zero attached hydrogens (tertiary/aromatic N) is 1. The van der Waals surface area contributed by atoms with Crippen molar-refractivity contribution in [2.24, 2.45) is 0 Å². The molecule has 3 heteroatoms. The molecule has 1 atom stereocenters. The van der Waals surface area contributed by atoms with Crippen molar-refractivity contribution in [3.63, 3.8) is 0 Å². The van der Waals surface area contributed by atoms with Gasteiger partial charge in [-0.2, -0.15) is 0 Å². The second-order valence-electron chi connectivity index (χ2n) is 4.75. The third-order valence-corrected chi connectivity index (χ3v) is 3.14. The van der Waals surface area contributed by atoms with Crippen molar-refractivity contribution in [1.29, 1.82) is 0 Å². The highest BCUT2D eigenvalue weighted by atomic mass is 16.5. The molecule has 0 aliphatic heterocycles. The fourth-order valence-corrected chi connectivity index (χ4v) is 2.27. The van der Waals surface area contributed by atoms with Gasteiger partial charge in [0.05, 0.1) is 18.3 Å². The molecule has 2 aromatic rings. The van der Waals surface area contributed by atoms with Crippen LogP contribution in [0, 0.1) is 6.92 Å². The van der Waals surface area contributed by atoms with Gasteiger partial charge >= 0.3 is 0 Å². The molecule has 0 aliphatic carbocycles. The van der Waals surface area contributed by atoms with Gasteiger partial charge in [-0.15, -0.1) is 0 Å². The molecule has 106 valence electrons. The zero-order valence-corrected chi connectivity index (χ0v) is 12.4. The maximum atomic E-state index is 5.59. The normalized spacial score (nSPS) is 12.2. The lowest BCUT2D eigenvalue weighted by Gasteiger charge is -2.19. The second kappa shape index (κ2) is 7.06. The Morgan fingerprint density at radius 1 is 1.20 bits per heavy atom. The van der Waals surface area contributed by atoms with Crippen LogP contribution in [-0.2, 0) is 0 Å². The quantitative estimate of drug-likeness (QED) is 0.872. The Labute approximate surface area is 121 Å². The first kappa shape index (κ1) is 14.5. The van der Waals surface area contributed by atoms with Crippen molar-refractivity contribution in [3.05, 3.63) is 59.4 Å². The molecule has 0 spiro atoms. The van der Waals surface area contributed by atoms with Crippen LogP contribution in [0.3, 0.4) is 0 Å². The third kappa shape index (κ3) is 3.58. The van der Waals surface area contributed by atoms with Gasteiger partial charge in [-0.05, 0) is 55.8 Å². The number of nitrogens with one attached hydrogen (secondary N) is 1. The monoisotopic (exact) mass is 270 g/mol. The van der Waals surface area contributed by atoms with E-state index in [2.05, 4.69) is 42.3 Å². The number of hydrogen-bond donors (Lipinski definition) is 1. The summed E-state index contributed by atoms with van der Waals surface area (Å²) < 4.78 is 5.59. The third-order valence-electron chi connectivity index (χ3n) is 3.14. The first-order valence-electron chi connectivity index (χ1n) is 7.13. The van der Waals surface area contributed by atoms with Gasteiger partial charge in [0, 0.05) is 6.20 Å². The minimum atomic E-state index is 0.0975. The minimum absolute atomic E-state index is 0.0975. The van der Waals surface area contributed by atoms with Crippen molar-refractivity contribution >= 4 is 0 Å². The minimum Gasteiger partial charge on any atom is -0.494 e. The highest BCUT2D eigenvalue weighted by Gasteiger charge is 2.15. The van der Waals surface area contributed by atoms with Gasteiger partial charge in [-0.25, -0.2) is 0 Å². The molecule has 2 rings (SSSR count). The van der Waals surface area contributed by atoms with Crippen LogP contribution < -0.4 is 10.1 Å². The predicted octanol–water partition coefficient (Wildman–Crippen LogP) is 3.49. The van der Waals surface area contributed by atoms with Crippen LogP contribution in [0.2, 0.25) is 0 Å². The largest absolute Gasteiger partial charge is 0.494 e. The summed E-state index contributed by atoms with van der Waals surface area (Å²) in [6, 6.07) is 12.4. The lowest BCUT2D eigenvalue weighted by molar-refractivity contribution is 0.339. The Kier molecular flexibility index (Phi) is 5.13. The lowest BCUT2D eigenvalue weighted by atomic mass is 10.0. The summed E-state index contributed by atoms with van der Waals surface area (Å²) in [4.78, 5) is 4.51. The standard InChI is InChI=1S/C17H22N2O/c1-4-18-17(16-11-13(3)9-10-19-16)14-7-6-8-15(12-14)20-5-2/h6-12,17-18H,4-5H2,1-3H3. The molecule has 0 saturated carbocycles. The van der Waals surface area contributed by atoms with Crippen molar-refractivity contribution in [1.82, 2.24) is 10.3 Å². The predicted molar refractivity (Wildman–Crippen MR) is 82.1 cm³/mol. The fraction of sp³-hybridized carbons (Fsp3) is 0.353. The summed E-state index contributed by atoms with van der Waals surface area (Å²) in [5.74, 6) is 0.903. The molecular formula is C17H22N2O. The summed E-state index contributed by atoms with van der Waals surface area (Å²) in [6.07, 6.45) is 1.86. The first-order chi connectivity index (χ1) is 9.74. The number of hydrogen-bond acceptors (Lipinski definition) is 3. The van der Waals surface area contributed by atoms with Crippen LogP contribution in [0.15, 0.2) is 42.6 Å². The Morgan fingerprint density at radius 2 is 2.05 bits per heavy atom. The molecule has 1 unspecified atom stereocenters. The molecule has 0 radical (unpaired) electrons. The highest BCUT2D eigenvalue weighted by Crippen LogP contribution is 2.24. The Hall–Kier alpha value is -1.87. The summed E-state index contributed by atoms with van der Waals surface area (Å²) in [7, 11) is 0. The summed E-state index contributed by atoms with van der Waals surface area (Å²) in [6.45, 7) is 7.76. The van der Waals surface area contributed by atoms with Crippen molar-refractivity contribution in [3.8, 4) is 5.75 Å². The topological polar surface area (TPSA) is 34.1 Å². The van der Waals surface area contributed by atoms with E-state index in [9.17, 15) is 0 Å². The van der Waals surface area contributed by atoms with Gasteiger partial charge in [-0.3, -0.25) is 4.98 Å². The molecule has 0 bridgehead atoms. The van der Waals surface area contributed by atoms with Crippen LogP contribution in [0.5, 0.6) is 5.75 Å². The molecule has 0 saturated heterocycles. The first-order valence-corrected chi connectivity index (χ1v) is 7.13. The summed E-state index contributed by atoms with van der Waals surface area (Å²) in [5, 5.41) is 3.49. The van der Waals surface area contributed by atoms with Crippen LogP contribution in [-0.4, -0.2) is 18.1 Å². The van der Waals surface area contributed by atoms with Gasteiger partial charge in [0.2, 0.25) is 0 Å². The van der Waals surface area contributed by atoms with Crippen LogP contribution >= 0.6 is 0 Å². The molecule has 3 nitrogen and oxygen atoms in total. The Bertz CT molecular complexity index is 554. The van der Waals surface area contributed by atoms with E-state index in [0.29, 0.717) is 6.61 Å². The van der Waals surface area contributed by atoms with Gasteiger partial charge in [0.15, 0.2) is 0 Å². The van der Waals surface area contributed by atoms with Crippen LogP contribution in [0.1, 0.15) is 36.7 Å². The number of benzene rings is 1. The number of aryl methyl sites for hydroxylation is 1. The number of aromatic nitrogens is 1. The summed E-state index contributed by atoms with van der Waals surface area (Å²) >= 11 is 0. The van der Waals surface area contributed by atoms with E-state index >= 15 is 0 Å². The smallest absolute Gasteiger partial charge is 0.119 e. The van der Waals surface area contributed by atoms with Crippen molar-refractivity contribution < 1.29 is 4.74 Å². The van der Waals surface area contributed by atoms with Gasteiger partial charge in [0.25, 0.3) is 0 Å². The van der Waals surface area contributed by atoms with Crippen LogP contribution in [0.4, 0.5) is 0 Å². The van der Waals surface area contributed by atoms with E-state index in [1.54, 1.807) is 0 Å². The van der Waals surface area contributed by atoms with E-state index in [0.717, 1.165) is 18.0 Å². The van der Waals surface area contributed by atoms with Crippen LogP contribution in [0.25, 0.3) is 0 Å². The number of pyridine rings is 1. The maximum Gasteiger partial charge on any atom is 0.119 e. The molecule has 0 amide bonds. The molecule has 0 fully saturated rings. The van der Waals surface area contributed by atoms with Crippen molar-refractivity contribution in [2.45, 2.75) is 26.8 Å². The maximum absolute atomic E-state index is 5.59. The highest BCUT2D eigenvalue weighted by molar-refractivity contribution is 5.35. The summed E-state index contributed by atoms with van der Waals surface area (Å²) in [5.41, 5.74) is 3.44. The van der Waals surface area contributed by atoms with Gasteiger partial charge in [-0.1, -0.05) is 19.1 Å². The van der Waals surface area contributed by atoms with E-state index in [4.69, 9.17) is 4.74 Å². The molecular weight excluding hydrogens is 248 g/mol. The Balaban J connectivity index is 2.35. The zero-order valence-electron chi connectivity index (χ0n) is 12.4. The van der Waals surface area contributed by atoms with E-state index in [-0.39, 0.29) is 6.04 Å². The second-order valence-corrected chi connectivity index (χ2v) is 4.75. The lowest BCUT2D eigenvalue weighted by Crippen LogP contribution is -2.23. The molecule has 1 heterocycles. The van der Waals surface area contributed by atoms with Gasteiger partial charge in [0.1, 0.15) is 5.75 Å². The number of rotatable bonds is 6. The molecule has 0 aliphatic rings. The van der Waals surface area contributed by atoms with Crippen molar-refractivity contribution in [2.75, 3.05) is 13.2 Å².